The molecule has 9 heteroatoms. The molecule has 36 heavy (non-hydrogen) atoms. The predicted octanol–water partition coefficient (Wildman–Crippen LogP) is 3.74. The van der Waals surface area contributed by atoms with Crippen LogP contribution in [0.4, 0.5) is 5.69 Å². The molecule has 4 rings (SSSR count). The number of fused-ring (bicyclic) bond motifs is 1. The monoisotopic (exact) mass is 507 g/mol. The van der Waals surface area contributed by atoms with Crippen molar-refractivity contribution < 1.29 is 22.6 Å². The molecule has 0 unspecified atom stereocenters. The van der Waals surface area contributed by atoms with Crippen LogP contribution in [0.2, 0.25) is 0 Å². The molecule has 3 aromatic rings. The fourth-order valence-electron chi connectivity index (χ4n) is 4.42. The first-order valence-corrected chi connectivity index (χ1v) is 13.3. The Morgan fingerprint density at radius 2 is 1.69 bits per heavy atom. The molecule has 0 spiro atoms. The van der Waals surface area contributed by atoms with Gasteiger partial charge in [0.1, 0.15) is 6.04 Å². The highest BCUT2D eigenvalue weighted by Crippen LogP contribution is 2.28. The number of hydrogen-bond donors (Lipinski definition) is 3. The van der Waals surface area contributed by atoms with E-state index in [9.17, 15) is 18.0 Å². The van der Waals surface area contributed by atoms with Crippen LogP contribution in [0, 0.1) is 0 Å². The summed E-state index contributed by atoms with van der Waals surface area (Å²) in [5.74, 6) is -0.544. The zero-order chi connectivity index (χ0) is 25.7. The fourth-order valence-corrected chi connectivity index (χ4v) is 4.84. The Morgan fingerprint density at radius 1 is 0.972 bits per heavy atom. The third-order valence-corrected chi connectivity index (χ3v) is 6.69. The Hall–Kier alpha value is -3.69. The molecule has 1 aliphatic rings. The van der Waals surface area contributed by atoms with E-state index in [4.69, 9.17) is 4.55 Å². The van der Waals surface area contributed by atoms with Gasteiger partial charge in [-0.05, 0) is 52.9 Å². The van der Waals surface area contributed by atoms with Crippen molar-refractivity contribution in [3.63, 3.8) is 0 Å². The van der Waals surface area contributed by atoms with Crippen molar-refractivity contribution in [3.05, 3.63) is 101 Å². The number of nitrogens with one attached hydrogen (secondary N) is 2. The van der Waals surface area contributed by atoms with Gasteiger partial charge in [-0.1, -0.05) is 61.9 Å². The van der Waals surface area contributed by atoms with E-state index in [0.717, 1.165) is 29.5 Å². The maximum Gasteiger partial charge on any atom is 0.357 e. The molecule has 0 fully saturated rings. The van der Waals surface area contributed by atoms with Crippen molar-refractivity contribution >= 4 is 27.8 Å². The van der Waals surface area contributed by atoms with Crippen LogP contribution in [0.1, 0.15) is 46.0 Å². The van der Waals surface area contributed by atoms with E-state index in [-0.39, 0.29) is 30.5 Å². The summed E-state index contributed by atoms with van der Waals surface area (Å²) < 4.78 is 33.7. The van der Waals surface area contributed by atoms with E-state index in [1.807, 2.05) is 47.2 Å². The van der Waals surface area contributed by atoms with Gasteiger partial charge in [-0.3, -0.25) is 18.9 Å². The highest BCUT2D eigenvalue weighted by Gasteiger charge is 2.35. The second kappa shape index (κ2) is 10.9. The first-order chi connectivity index (χ1) is 17.2. The number of carbonyl (C=O) groups is 2. The van der Waals surface area contributed by atoms with Gasteiger partial charge in [0.05, 0.1) is 5.69 Å². The summed E-state index contributed by atoms with van der Waals surface area (Å²) in [6.45, 7) is 2.55. The quantitative estimate of drug-likeness (QED) is 0.402. The SMILES string of the molecule is CCCc1ccc(C(=O)N2Cc3cc(NS(=O)(=O)O)ccc3C[C@H]2C(=O)NCc2ccccc2)cc1. The van der Waals surface area contributed by atoms with Gasteiger partial charge < -0.3 is 10.2 Å². The molecule has 0 radical (unpaired) electrons. The third-order valence-electron chi connectivity index (χ3n) is 6.20. The molecule has 8 nitrogen and oxygen atoms in total. The third kappa shape index (κ3) is 6.30. The van der Waals surface area contributed by atoms with Crippen LogP contribution in [-0.2, 0) is 41.0 Å². The molecule has 3 aromatic carbocycles. The largest absolute Gasteiger partial charge is 0.357 e. The second-order valence-electron chi connectivity index (χ2n) is 8.86. The molecule has 0 aromatic heterocycles. The minimum atomic E-state index is -4.44. The van der Waals surface area contributed by atoms with Crippen molar-refractivity contribution in [1.82, 2.24) is 10.2 Å². The number of amides is 2. The van der Waals surface area contributed by atoms with Crippen molar-refractivity contribution in [1.29, 1.82) is 0 Å². The van der Waals surface area contributed by atoms with Crippen LogP contribution in [0.25, 0.3) is 0 Å². The van der Waals surface area contributed by atoms with Crippen molar-refractivity contribution in [3.8, 4) is 0 Å². The van der Waals surface area contributed by atoms with Gasteiger partial charge in [-0.25, -0.2) is 0 Å². The molecule has 1 aliphatic heterocycles. The van der Waals surface area contributed by atoms with Gasteiger partial charge >= 0.3 is 10.3 Å². The molecule has 0 aliphatic carbocycles. The maximum atomic E-state index is 13.6. The van der Waals surface area contributed by atoms with Crippen LogP contribution in [0.15, 0.2) is 72.8 Å². The van der Waals surface area contributed by atoms with E-state index < -0.39 is 16.3 Å². The first-order valence-electron chi connectivity index (χ1n) is 11.8. The lowest BCUT2D eigenvalue weighted by Gasteiger charge is -2.36. The summed E-state index contributed by atoms with van der Waals surface area (Å²) in [4.78, 5) is 28.4. The molecule has 0 saturated carbocycles. The topological polar surface area (TPSA) is 116 Å². The molecule has 0 bridgehead atoms. The zero-order valence-electron chi connectivity index (χ0n) is 20.0. The normalized spacial score (nSPS) is 15.2. The van der Waals surface area contributed by atoms with Crippen molar-refractivity contribution in [2.75, 3.05) is 4.72 Å². The van der Waals surface area contributed by atoms with Gasteiger partial charge in [0.2, 0.25) is 5.91 Å². The lowest BCUT2D eigenvalue weighted by Crippen LogP contribution is -2.52. The maximum absolute atomic E-state index is 13.6. The zero-order valence-corrected chi connectivity index (χ0v) is 20.8. The lowest BCUT2D eigenvalue weighted by molar-refractivity contribution is -0.126. The molecule has 188 valence electrons. The lowest BCUT2D eigenvalue weighted by atomic mass is 9.92. The summed E-state index contributed by atoms with van der Waals surface area (Å²) >= 11 is 0. The fraction of sp³-hybridized carbons (Fsp3) is 0.259. The summed E-state index contributed by atoms with van der Waals surface area (Å²) in [6.07, 6.45) is 2.20. The Labute approximate surface area is 211 Å². The van der Waals surface area contributed by atoms with Gasteiger partial charge in [0.15, 0.2) is 0 Å². The van der Waals surface area contributed by atoms with Gasteiger partial charge in [0.25, 0.3) is 5.91 Å². The van der Waals surface area contributed by atoms with Crippen LogP contribution in [0.3, 0.4) is 0 Å². The number of nitrogens with zero attached hydrogens (tertiary/aromatic N) is 1. The van der Waals surface area contributed by atoms with Gasteiger partial charge in [-0.15, -0.1) is 0 Å². The Morgan fingerprint density at radius 3 is 2.36 bits per heavy atom. The highest BCUT2D eigenvalue weighted by atomic mass is 32.2. The minimum absolute atomic E-state index is 0.120. The number of hydrogen-bond acceptors (Lipinski definition) is 4. The molecule has 1 heterocycles. The molecular weight excluding hydrogens is 478 g/mol. The Bertz CT molecular complexity index is 1340. The molecule has 0 saturated heterocycles. The second-order valence-corrected chi connectivity index (χ2v) is 10.0. The number of rotatable bonds is 8. The van der Waals surface area contributed by atoms with Crippen molar-refractivity contribution in [2.45, 2.75) is 45.3 Å². The van der Waals surface area contributed by atoms with Crippen LogP contribution < -0.4 is 10.0 Å². The summed E-state index contributed by atoms with van der Waals surface area (Å²) in [7, 11) is -4.44. The molecule has 2 amide bonds. The van der Waals surface area contributed by atoms with E-state index in [1.54, 1.807) is 24.3 Å². The predicted molar refractivity (Wildman–Crippen MR) is 138 cm³/mol. The smallest absolute Gasteiger partial charge is 0.350 e. The summed E-state index contributed by atoms with van der Waals surface area (Å²) in [5.41, 5.74) is 4.28. The average molecular weight is 508 g/mol. The van der Waals surface area contributed by atoms with Crippen LogP contribution >= 0.6 is 0 Å². The highest BCUT2D eigenvalue weighted by molar-refractivity contribution is 7.87. The Balaban J connectivity index is 1.61. The van der Waals surface area contributed by atoms with E-state index in [1.165, 1.54) is 11.0 Å². The minimum Gasteiger partial charge on any atom is -0.350 e. The molecule has 3 N–H and O–H groups in total. The van der Waals surface area contributed by atoms with E-state index in [2.05, 4.69) is 12.2 Å². The summed E-state index contributed by atoms with van der Waals surface area (Å²) in [5, 5.41) is 2.95. The van der Waals surface area contributed by atoms with E-state index in [0.29, 0.717) is 17.7 Å². The molecule has 1 atom stereocenters. The molecular formula is C27H29N3O5S. The summed E-state index contributed by atoms with van der Waals surface area (Å²) in [6, 6.07) is 21.0. The van der Waals surface area contributed by atoms with E-state index >= 15 is 0 Å². The average Bonchev–Trinajstić information content (AvgIpc) is 2.86. The van der Waals surface area contributed by atoms with Crippen LogP contribution in [0.5, 0.6) is 0 Å². The van der Waals surface area contributed by atoms with Crippen molar-refractivity contribution in [2.24, 2.45) is 0 Å². The van der Waals surface area contributed by atoms with Gasteiger partial charge in [-0.2, -0.15) is 8.42 Å². The Kier molecular flexibility index (Phi) is 7.71. The standard InChI is InChI=1S/C27H29N3O5S/c1-2-6-19-9-11-21(12-10-19)27(32)30-18-23-15-24(29-36(33,34)35)14-13-22(23)16-25(30)26(31)28-17-20-7-4-3-5-8-20/h3-5,7-15,25,29H,2,6,16-18H2,1H3,(H,28,31)(H,33,34,35)/t25-/m0/s1. The van der Waals surface area contributed by atoms with Crippen LogP contribution in [-0.4, -0.2) is 35.7 Å². The van der Waals surface area contributed by atoms with Gasteiger partial charge in [0, 0.05) is 25.1 Å². The number of benzene rings is 3. The number of anilines is 1. The number of aryl methyl sites for hydroxylation is 1. The number of carbonyl (C=O) groups excluding carboxylic acids is 2. The first kappa shape index (κ1) is 25.4.